The Morgan fingerprint density at radius 3 is 2.78 bits per heavy atom. The summed E-state index contributed by atoms with van der Waals surface area (Å²) >= 11 is 0. The van der Waals surface area contributed by atoms with Gasteiger partial charge in [-0.25, -0.2) is 9.78 Å². The highest BCUT2D eigenvalue weighted by Gasteiger charge is 2.18. The van der Waals surface area contributed by atoms with E-state index in [2.05, 4.69) is 20.9 Å². The second-order valence-electron chi connectivity index (χ2n) is 9.68. The molecule has 1 aliphatic heterocycles. The van der Waals surface area contributed by atoms with Gasteiger partial charge in [0.15, 0.2) is 0 Å². The fraction of sp³-hybridized carbons (Fsp3) is 0.333. The minimum atomic E-state index is -0.578. The summed E-state index contributed by atoms with van der Waals surface area (Å²) in [4.78, 5) is 40.2. The predicted octanol–water partition coefficient (Wildman–Crippen LogP) is 4.38. The van der Waals surface area contributed by atoms with Gasteiger partial charge >= 0.3 is 6.09 Å². The van der Waals surface area contributed by atoms with Crippen LogP contribution in [0.1, 0.15) is 55.2 Å². The molecule has 0 unspecified atom stereocenters. The van der Waals surface area contributed by atoms with Gasteiger partial charge in [0.25, 0.3) is 0 Å². The number of benzene rings is 1. The zero-order chi connectivity index (χ0) is 25.9. The summed E-state index contributed by atoms with van der Waals surface area (Å²) in [6.45, 7) is 7.84. The van der Waals surface area contributed by atoms with E-state index in [9.17, 15) is 14.4 Å². The van der Waals surface area contributed by atoms with Gasteiger partial charge in [0.2, 0.25) is 11.8 Å². The molecule has 2 aromatic heterocycles. The van der Waals surface area contributed by atoms with Gasteiger partial charge in [-0.05, 0) is 57.4 Å². The van der Waals surface area contributed by atoms with Crippen molar-refractivity contribution in [3.05, 3.63) is 64.6 Å². The lowest BCUT2D eigenvalue weighted by molar-refractivity contribution is -0.117. The lowest BCUT2D eigenvalue weighted by atomic mass is 10.0. The van der Waals surface area contributed by atoms with Crippen molar-refractivity contribution in [2.45, 2.75) is 59.2 Å². The Hall–Kier alpha value is -4.14. The number of aromatic nitrogens is 1. The molecule has 3 aromatic rings. The number of para-hydroxylation sites is 1. The minimum absolute atomic E-state index is 0.0371. The van der Waals surface area contributed by atoms with Crippen molar-refractivity contribution in [1.29, 1.82) is 0 Å². The van der Waals surface area contributed by atoms with Crippen molar-refractivity contribution in [1.82, 2.24) is 15.6 Å². The van der Waals surface area contributed by atoms with Crippen LogP contribution in [-0.2, 0) is 33.8 Å². The number of carbonyl (C=O) groups excluding carboxylic acids is 3. The molecule has 1 aliphatic rings. The first-order valence-electron chi connectivity index (χ1n) is 11.8. The number of rotatable bonds is 6. The Kier molecular flexibility index (Phi) is 7.10. The second-order valence-corrected chi connectivity index (χ2v) is 9.68. The Morgan fingerprint density at radius 1 is 1.19 bits per heavy atom. The van der Waals surface area contributed by atoms with E-state index in [0.29, 0.717) is 30.0 Å². The standard InChI is InChI=1S/C27H30N4O5/c1-16-20-7-5-6-19(14-30-26(34)36-27(2,3)4)24(20)35-21(16)15-28-22(32)10-8-17-12-18-9-11-23(33)31-25(18)29-13-17/h5-8,10,12-13H,9,11,14-15H2,1-4H3,(H,28,32)(H,30,34)(H,29,31,33)/b10-8+. The number of aryl methyl sites for hydroxylation is 2. The molecule has 0 bridgehead atoms. The maximum absolute atomic E-state index is 12.4. The molecule has 0 saturated heterocycles. The van der Waals surface area contributed by atoms with Crippen molar-refractivity contribution in [3.63, 3.8) is 0 Å². The molecular weight excluding hydrogens is 460 g/mol. The average Bonchev–Trinajstić information content (AvgIpc) is 3.15. The number of amides is 3. The van der Waals surface area contributed by atoms with Crippen molar-refractivity contribution in [2.24, 2.45) is 0 Å². The molecule has 9 nitrogen and oxygen atoms in total. The van der Waals surface area contributed by atoms with Gasteiger partial charge in [0.1, 0.15) is 22.8 Å². The molecule has 36 heavy (non-hydrogen) atoms. The highest BCUT2D eigenvalue weighted by molar-refractivity contribution is 5.94. The summed E-state index contributed by atoms with van der Waals surface area (Å²) in [6.07, 6.45) is 5.30. The van der Waals surface area contributed by atoms with E-state index in [4.69, 9.17) is 9.15 Å². The molecule has 4 rings (SSSR count). The molecule has 188 valence electrons. The van der Waals surface area contributed by atoms with E-state index in [1.807, 2.05) is 52.0 Å². The average molecular weight is 491 g/mol. The normalized spacial score (nSPS) is 13.4. The van der Waals surface area contributed by atoms with Crippen LogP contribution >= 0.6 is 0 Å². The van der Waals surface area contributed by atoms with Crippen LogP contribution in [0, 0.1) is 6.92 Å². The number of fused-ring (bicyclic) bond motifs is 2. The molecule has 0 radical (unpaired) electrons. The quantitative estimate of drug-likeness (QED) is 0.441. The van der Waals surface area contributed by atoms with E-state index < -0.39 is 11.7 Å². The SMILES string of the molecule is Cc1c(CNC(=O)/C=C/c2cnc3c(c2)CCC(=O)N3)oc2c(CNC(=O)OC(C)(C)C)cccc12. The lowest BCUT2D eigenvalue weighted by Crippen LogP contribution is -2.32. The summed E-state index contributed by atoms with van der Waals surface area (Å²) < 4.78 is 11.4. The lowest BCUT2D eigenvalue weighted by Gasteiger charge is -2.19. The van der Waals surface area contributed by atoms with E-state index in [1.54, 1.807) is 12.3 Å². The number of alkyl carbamates (subject to hydrolysis) is 1. The second kappa shape index (κ2) is 10.2. The number of pyridine rings is 1. The number of nitrogens with zero attached hydrogens (tertiary/aromatic N) is 1. The number of anilines is 1. The van der Waals surface area contributed by atoms with Gasteiger partial charge in [-0.15, -0.1) is 0 Å². The van der Waals surface area contributed by atoms with Crippen LogP contribution < -0.4 is 16.0 Å². The topological polar surface area (TPSA) is 123 Å². The third kappa shape index (κ3) is 6.10. The van der Waals surface area contributed by atoms with Crippen molar-refractivity contribution in [3.8, 4) is 0 Å². The number of furan rings is 1. The zero-order valence-electron chi connectivity index (χ0n) is 20.9. The first kappa shape index (κ1) is 25.0. The van der Waals surface area contributed by atoms with Gasteiger partial charge in [-0.2, -0.15) is 0 Å². The smallest absolute Gasteiger partial charge is 0.407 e. The van der Waals surface area contributed by atoms with E-state index in [0.717, 1.165) is 27.6 Å². The fourth-order valence-corrected chi connectivity index (χ4v) is 3.90. The van der Waals surface area contributed by atoms with Crippen LogP contribution in [0.5, 0.6) is 0 Å². The largest absolute Gasteiger partial charge is 0.459 e. The molecule has 0 saturated carbocycles. The maximum Gasteiger partial charge on any atom is 0.407 e. The molecule has 0 spiro atoms. The van der Waals surface area contributed by atoms with Gasteiger partial charge in [0, 0.05) is 41.8 Å². The highest BCUT2D eigenvalue weighted by atomic mass is 16.6. The fourth-order valence-electron chi connectivity index (χ4n) is 3.90. The summed E-state index contributed by atoms with van der Waals surface area (Å²) in [5, 5.41) is 9.27. The van der Waals surface area contributed by atoms with Crippen molar-refractivity contribution >= 4 is 40.8 Å². The Labute approximate surface area is 209 Å². The number of hydrogen-bond acceptors (Lipinski definition) is 6. The molecule has 3 heterocycles. The minimum Gasteiger partial charge on any atom is -0.459 e. The summed E-state index contributed by atoms with van der Waals surface area (Å²) in [5.41, 5.74) is 3.56. The number of ether oxygens (including phenoxy) is 1. The Bertz CT molecular complexity index is 1350. The van der Waals surface area contributed by atoms with Crippen LogP contribution in [0.15, 0.2) is 41.0 Å². The van der Waals surface area contributed by atoms with Gasteiger partial charge in [-0.3, -0.25) is 9.59 Å². The third-order valence-corrected chi connectivity index (χ3v) is 5.68. The van der Waals surface area contributed by atoms with Crippen molar-refractivity contribution in [2.75, 3.05) is 5.32 Å². The molecule has 3 amide bonds. The summed E-state index contributed by atoms with van der Waals surface area (Å²) in [6, 6.07) is 7.65. The van der Waals surface area contributed by atoms with Gasteiger partial charge in [0.05, 0.1) is 6.54 Å². The molecule has 0 aliphatic carbocycles. The number of nitrogens with one attached hydrogen (secondary N) is 3. The maximum atomic E-state index is 12.4. The van der Waals surface area contributed by atoms with E-state index >= 15 is 0 Å². The number of hydrogen-bond donors (Lipinski definition) is 3. The van der Waals surface area contributed by atoms with Gasteiger partial charge < -0.3 is 25.1 Å². The Balaban J connectivity index is 1.38. The zero-order valence-corrected chi connectivity index (χ0v) is 20.9. The van der Waals surface area contributed by atoms with Crippen LogP contribution in [0.2, 0.25) is 0 Å². The molecule has 9 heteroatoms. The Morgan fingerprint density at radius 2 is 2.00 bits per heavy atom. The third-order valence-electron chi connectivity index (χ3n) is 5.68. The highest BCUT2D eigenvalue weighted by Crippen LogP contribution is 2.28. The molecule has 3 N–H and O–H groups in total. The number of carbonyl (C=O) groups is 3. The summed E-state index contributed by atoms with van der Waals surface area (Å²) in [5.74, 6) is 0.911. The van der Waals surface area contributed by atoms with E-state index in [-0.39, 0.29) is 24.9 Å². The van der Waals surface area contributed by atoms with Crippen LogP contribution in [0.25, 0.3) is 17.0 Å². The van der Waals surface area contributed by atoms with Crippen LogP contribution in [-0.4, -0.2) is 28.5 Å². The molecule has 1 aromatic carbocycles. The monoisotopic (exact) mass is 490 g/mol. The predicted molar refractivity (Wildman–Crippen MR) is 136 cm³/mol. The van der Waals surface area contributed by atoms with Crippen LogP contribution in [0.4, 0.5) is 10.6 Å². The molecule has 0 atom stereocenters. The van der Waals surface area contributed by atoms with Crippen molar-refractivity contribution < 1.29 is 23.5 Å². The summed E-state index contributed by atoms with van der Waals surface area (Å²) in [7, 11) is 0. The van der Waals surface area contributed by atoms with Crippen LogP contribution in [0.3, 0.4) is 0 Å². The first-order chi connectivity index (χ1) is 17.1. The van der Waals surface area contributed by atoms with E-state index in [1.165, 1.54) is 6.08 Å². The molecule has 0 fully saturated rings. The first-order valence-corrected chi connectivity index (χ1v) is 11.8. The van der Waals surface area contributed by atoms with Gasteiger partial charge in [-0.1, -0.05) is 18.2 Å². The molecular formula is C27H30N4O5.